The monoisotopic (exact) mass is 2430 g/mol. The Morgan fingerprint density at radius 1 is 0.235 bits per heavy atom. The van der Waals surface area contributed by atoms with Crippen LogP contribution in [0.25, 0.3) is 135 Å². The average Bonchev–Trinajstić information content (AvgIpc) is 0.834. The van der Waals surface area contributed by atoms with Crippen LogP contribution in [0.1, 0.15) is 43.4 Å². The molecule has 0 bridgehead atoms. The number of benzene rings is 12. The number of rotatable bonds is 14. The van der Waals surface area contributed by atoms with Crippen molar-refractivity contribution >= 4 is 0 Å². The van der Waals surface area contributed by atoms with Crippen molar-refractivity contribution in [1.29, 1.82) is 0 Å². The molecule has 0 spiro atoms. The van der Waals surface area contributed by atoms with Crippen molar-refractivity contribution in [3.63, 3.8) is 0 Å². The Hall–Kier alpha value is -13.7. The summed E-state index contributed by atoms with van der Waals surface area (Å²) in [5.41, 5.74) is 27.7. The van der Waals surface area contributed by atoms with Gasteiger partial charge in [-0.25, -0.2) is 8.78 Å². The third-order valence-corrected chi connectivity index (χ3v) is 19.9. The predicted molar refractivity (Wildman–Crippen MR) is 518 cm³/mol. The second-order valence-electron chi connectivity index (χ2n) is 29.1. The van der Waals surface area contributed by atoms with Crippen LogP contribution >= 0.6 is 0 Å². The van der Waals surface area contributed by atoms with Gasteiger partial charge in [0, 0.05) is 130 Å². The third-order valence-electron chi connectivity index (χ3n) is 19.9. The van der Waals surface area contributed by atoms with Crippen LogP contribution in [0.4, 0.5) is 8.78 Å². The molecule has 4 radical (unpaired) electrons. The summed E-state index contributed by atoms with van der Waals surface area (Å²) in [7, 11) is 0. The van der Waals surface area contributed by atoms with E-state index in [0.717, 1.165) is 130 Å². The summed E-state index contributed by atoms with van der Waals surface area (Å²) < 4.78 is 26.1. The van der Waals surface area contributed by atoms with Crippen molar-refractivity contribution in [2.24, 2.45) is 0 Å². The van der Waals surface area contributed by atoms with E-state index in [4.69, 9.17) is 0 Å². The van der Waals surface area contributed by atoms with E-state index >= 15 is 0 Å². The van der Waals surface area contributed by atoms with Gasteiger partial charge in [-0.15, -0.1) is 287 Å². The van der Waals surface area contributed by atoms with Crippen molar-refractivity contribution in [2.75, 3.05) is 0 Å². The molecule has 8 aromatic heterocycles. The van der Waals surface area contributed by atoms with E-state index in [1.165, 1.54) is 40.5 Å². The van der Waals surface area contributed by atoms with Gasteiger partial charge in [-0.3, -0.25) is 0 Å². The molecule has 8 heterocycles. The molecule has 0 aliphatic rings. The Balaban J connectivity index is 0.000000171. The number of nitrogens with zero attached hydrogens (tertiary/aromatic N) is 8. The molecule has 0 saturated heterocycles. The van der Waals surface area contributed by atoms with Gasteiger partial charge in [-0.2, -0.15) is 0 Å². The first-order chi connectivity index (χ1) is 63.0. The van der Waals surface area contributed by atoms with Gasteiger partial charge in [0.05, 0.1) is 0 Å². The fourth-order valence-electron chi connectivity index (χ4n) is 12.9. The number of hydrogen-bond donors (Lipinski definition) is 0. The van der Waals surface area contributed by atoms with Crippen molar-refractivity contribution in [3.8, 4) is 135 Å². The fourth-order valence-corrected chi connectivity index (χ4v) is 12.9. The summed E-state index contributed by atoms with van der Waals surface area (Å²) in [6, 6.07) is 156. The van der Waals surface area contributed by atoms with Gasteiger partial charge in [0.15, 0.2) is 0 Å². The third kappa shape index (κ3) is 32.1. The maximum absolute atomic E-state index is 13.3. The van der Waals surface area contributed by atoms with E-state index in [2.05, 4.69) is 182 Å². The van der Waals surface area contributed by atoms with E-state index in [-0.39, 0.29) is 92.1 Å². The van der Waals surface area contributed by atoms with E-state index in [9.17, 15) is 8.78 Å². The maximum atomic E-state index is 13.3. The molecule has 20 rings (SSSR count). The normalized spacial score (nSPS) is 9.90. The zero-order valence-electron chi connectivity index (χ0n) is 72.8. The van der Waals surface area contributed by atoms with Crippen LogP contribution in [0.3, 0.4) is 0 Å². The Labute approximate surface area is 829 Å². The fraction of sp³-hybridized carbons (Fsp3) is 0.0508. The molecule has 0 N–H and O–H groups in total. The van der Waals surface area contributed by atoms with Crippen molar-refractivity contribution in [2.45, 2.75) is 40.0 Å². The molecule has 0 unspecified atom stereocenters. The van der Waals surface area contributed by atoms with Gasteiger partial charge in [0.1, 0.15) is 11.6 Å². The molecule has 0 saturated carbocycles. The Kier molecular flexibility index (Phi) is 43.3. The molecular weight excluding hydrogens is 2340 g/mol. The van der Waals surface area contributed by atoms with E-state index in [1.807, 2.05) is 316 Å². The quantitative estimate of drug-likeness (QED) is 0.0992. The number of aromatic nitrogens is 8. The first-order valence-corrected chi connectivity index (χ1v) is 42.0. The van der Waals surface area contributed by atoms with E-state index in [0.29, 0.717) is 11.5 Å². The van der Waals surface area contributed by atoms with Crippen LogP contribution in [0, 0.1) is 67.1 Å². The molecule has 0 aliphatic heterocycles. The van der Waals surface area contributed by atoms with Gasteiger partial charge in [-0.05, 0) is 175 Å². The van der Waals surface area contributed by atoms with Crippen molar-refractivity contribution in [3.05, 3.63) is 533 Å². The molecule has 12 aromatic carbocycles. The number of hydrogen-bond acceptors (Lipinski definition) is 8. The van der Waals surface area contributed by atoms with Crippen LogP contribution in [-0.4, -0.2) is 39.9 Å². The zero-order chi connectivity index (χ0) is 88.4. The van der Waals surface area contributed by atoms with Crippen molar-refractivity contribution in [1.82, 2.24) is 39.9 Å². The summed E-state index contributed by atoms with van der Waals surface area (Å²) in [6.45, 7) is 8.35. The van der Waals surface area contributed by atoms with Crippen LogP contribution in [-0.2, 0) is 86.8 Å². The van der Waals surface area contributed by atoms with Crippen LogP contribution in [0.2, 0.25) is 0 Å². The molecular formula is C118H90F2Ir4N8-8. The maximum Gasteiger partial charge on any atom is 0.126 e. The van der Waals surface area contributed by atoms with E-state index < -0.39 is 0 Å². The van der Waals surface area contributed by atoms with Gasteiger partial charge in [0.2, 0.25) is 0 Å². The van der Waals surface area contributed by atoms with Gasteiger partial charge < -0.3 is 39.9 Å². The van der Waals surface area contributed by atoms with Crippen LogP contribution in [0.5, 0.6) is 0 Å². The minimum atomic E-state index is -0.229. The summed E-state index contributed by atoms with van der Waals surface area (Å²) in [6.07, 6.45) is 15.7. The summed E-state index contributed by atoms with van der Waals surface area (Å²) in [5, 5.41) is 0. The number of aryl methyl sites for hydroxylation is 2. The summed E-state index contributed by atoms with van der Waals surface area (Å²) in [4.78, 5) is 34.8. The smallest absolute Gasteiger partial charge is 0.126 e. The molecule has 660 valence electrons. The molecule has 0 atom stereocenters. The topological polar surface area (TPSA) is 103 Å². The summed E-state index contributed by atoms with van der Waals surface area (Å²) >= 11 is 0. The van der Waals surface area contributed by atoms with Crippen molar-refractivity contribution < 1.29 is 89.2 Å². The standard InChI is InChI=1S/C20H18N.C19H16N.C18H13FN.C17H11FN.4C11H8N.4Ir/c1-15(2)16-8-10-17(11-9-16)19-12-13-20(21-14-19)18-6-4-3-5-7-18;1-2-15-8-10-16(11-9-15)18-12-13-19(20-14-18)17-6-4-3-5-7-17;1-13-11-15(7-9-17(13)19)16-8-10-18(20-12-16)14-5-3-2-4-6-14;18-16-9-6-13(7-10-16)15-8-11-17(19-12-15)14-4-2-1-3-5-14;4*1-2-6-10(7-3-1)11-8-4-5-9-12-11;;;;/h3-6,8-15H,1-2H3;3-6,8-14H,2H2,1H3;2-5,7-12H,1H3;1-4,6-12H;4*1-6,8-9H;;;;/q8*-1;;;;. The minimum Gasteiger partial charge on any atom is -0.305 e. The molecule has 8 nitrogen and oxygen atoms in total. The number of halogens is 2. The van der Waals surface area contributed by atoms with Crippen LogP contribution in [0.15, 0.2) is 456 Å². The first kappa shape index (κ1) is 102. The Morgan fingerprint density at radius 2 is 0.462 bits per heavy atom. The molecule has 0 fully saturated rings. The zero-order valence-corrected chi connectivity index (χ0v) is 82.3. The second kappa shape index (κ2) is 56.0. The molecule has 0 aliphatic carbocycles. The average molecular weight is 2430 g/mol. The Bertz CT molecular complexity index is 6070. The Morgan fingerprint density at radius 3 is 0.674 bits per heavy atom. The molecule has 0 amide bonds. The minimum absolute atomic E-state index is 0. The molecule has 14 heteroatoms. The first-order valence-electron chi connectivity index (χ1n) is 42.0. The van der Waals surface area contributed by atoms with Gasteiger partial charge >= 0.3 is 0 Å². The summed E-state index contributed by atoms with van der Waals surface area (Å²) in [5.74, 6) is 0.151. The predicted octanol–water partition coefficient (Wildman–Crippen LogP) is 29.3. The SMILES string of the molecule is CC(C)c1ccc(-c2ccc(-c3[c-]cccc3)nc2)cc1.CCc1ccc(-c2ccc(-c3[c-]cccc3)nc2)cc1.Cc1cc(-c2ccc(-c3[c-]cccc3)nc2)ccc1F.Fc1ccc(-c2ccc(-c3[c-]cccc3)nc2)cc1.[Ir].[Ir].[Ir].[Ir].[c-]1ccccc1-c1ccccn1.[c-]1ccccc1-c1ccccn1.[c-]1ccccc1-c1ccccn1.[c-]1ccccc1-c1ccccn1. The van der Waals surface area contributed by atoms with Gasteiger partial charge in [0.25, 0.3) is 0 Å². The van der Waals surface area contributed by atoms with Crippen LogP contribution < -0.4 is 0 Å². The number of pyridine rings is 8. The van der Waals surface area contributed by atoms with Gasteiger partial charge in [-0.1, -0.05) is 185 Å². The molecule has 20 aromatic rings. The second-order valence-corrected chi connectivity index (χ2v) is 29.1. The largest absolute Gasteiger partial charge is 0.305 e. The molecule has 132 heavy (non-hydrogen) atoms. The van der Waals surface area contributed by atoms with E-state index in [1.54, 1.807) is 56.1 Å².